The van der Waals surface area contributed by atoms with Crippen molar-refractivity contribution in [2.75, 3.05) is 39.1 Å². The second kappa shape index (κ2) is 5.49. The fourth-order valence-electron chi connectivity index (χ4n) is 1.80. The van der Waals surface area contributed by atoms with Crippen LogP contribution in [0.15, 0.2) is 12.1 Å². The van der Waals surface area contributed by atoms with E-state index in [0.29, 0.717) is 13.2 Å². The van der Waals surface area contributed by atoms with Crippen molar-refractivity contribution in [2.45, 2.75) is 6.10 Å². The highest BCUT2D eigenvalue weighted by molar-refractivity contribution is 5.44. The Morgan fingerprint density at radius 3 is 2.94 bits per heavy atom. The van der Waals surface area contributed by atoms with E-state index in [1.54, 1.807) is 0 Å². The Hall–Kier alpha value is -1.40. The number of ether oxygens (including phenoxy) is 2. The topological polar surface area (TPSA) is 47.7 Å². The van der Waals surface area contributed by atoms with Crippen LogP contribution in [0.4, 0.5) is 14.5 Å². The highest BCUT2D eigenvalue weighted by Crippen LogP contribution is 2.23. The summed E-state index contributed by atoms with van der Waals surface area (Å²) in [5, 5.41) is 0. The molecule has 2 N–H and O–H groups in total. The van der Waals surface area contributed by atoms with Gasteiger partial charge in [0.15, 0.2) is 11.6 Å². The van der Waals surface area contributed by atoms with Gasteiger partial charge in [0.2, 0.25) is 0 Å². The Kier molecular flexibility index (Phi) is 3.98. The van der Waals surface area contributed by atoms with Crippen molar-refractivity contribution in [3.8, 4) is 5.75 Å². The number of benzene rings is 1. The van der Waals surface area contributed by atoms with Crippen LogP contribution < -0.4 is 10.5 Å². The SMILES string of the molecule is CN1CCOC(COc2cc(F)c(N)cc2F)C1. The molecule has 1 aliphatic rings. The first-order valence-corrected chi connectivity index (χ1v) is 5.73. The molecule has 6 heteroatoms. The molecule has 4 nitrogen and oxygen atoms in total. The summed E-state index contributed by atoms with van der Waals surface area (Å²) in [5.41, 5.74) is 5.02. The highest BCUT2D eigenvalue weighted by atomic mass is 19.1. The monoisotopic (exact) mass is 258 g/mol. The standard InChI is InChI=1S/C12H16F2N2O2/c1-16-2-3-17-8(6-16)7-18-12-5-9(13)11(15)4-10(12)14/h4-5,8H,2-3,6-7,15H2,1H3. The van der Waals surface area contributed by atoms with Crippen LogP contribution in [0.5, 0.6) is 5.75 Å². The summed E-state index contributed by atoms with van der Waals surface area (Å²) in [6, 6.07) is 1.87. The molecule has 1 aliphatic heterocycles. The zero-order valence-corrected chi connectivity index (χ0v) is 10.2. The number of rotatable bonds is 3. The van der Waals surface area contributed by atoms with Crippen molar-refractivity contribution in [1.82, 2.24) is 4.90 Å². The molecule has 0 saturated carbocycles. The Morgan fingerprint density at radius 1 is 1.44 bits per heavy atom. The van der Waals surface area contributed by atoms with Crippen molar-refractivity contribution in [1.29, 1.82) is 0 Å². The smallest absolute Gasteiger partial charge is 0.167 e. The molecule has 1 unspecified atom stereocenters. The molecule has 0 aliphatic carbocycles. The minimum atomic E-state index is -0.687. The number of nitrogens with two attached hydrogens (primary N) is 1. The van der Waals surface area contributed by atoms with Crippen molar-refractivity contribution in [2.24, 2.45) is 0 Å². The maximum absolute atomic E-state index is 13.4. The van der Waals surface area contributed by atoms with E-state index < -0.39 is 11.6 Å². The van der Waals surface area contributed by atoms with Crippen LogP contribution in [0, 0.1) is 11.6 Å². The van der Waals surface area contributed by atoms with E-state index in [2.05, 4.69) is 4.90 Å². The number of nitrogen functional groups attached to an aromatic ring is 1. The maximum Gasteiger partial charge on any atom is 0.167 e. The van der Waals surface area contributed by atoms with Crippen LogP contribution >= 0.6 is 0 Å². The number of hydrogen-bond acceptors (Lipinski definition) is 4. The van der Waals surface area contributed by atoms with Gasteiger partial charge in [-0.25, -0.2) is 8.78 Å². The van der Waals surface area contributed by atoms with Crippen molar-refractivity contribution in [3.05, 3.63) is 23.8 Å². The van der Waals surface area contributed by atoms with Gasteiger partial charge in [0.25, 0.3) is 0 Å². The quantitative estimate of drug-likeness (QED) is 0.829. The van der Waals surface area contributed by atoms with Crippen molar-refractivity contribution in [3.63, 3.8) is 0 Å². The normalized spacial score (nSPS) is 20.9. The fourth-order valence-corrected chi connectivity index (χ4v) is 1.80. The van der Waals surface area contributed by atoms with E-state index in [-0.39, 0.29) is 24.1 Å². The lowest BCUT2D eigenvalue weighted by Crippen LogP contribution is -2.42. The molecule has 1 aromatic carbocycles. The first-order valence-electron chi connectivity index (χ1n) is 5.73. The molecular formula is C12H16F2N2O2. The summed E-state index contributed by atoms with van der Waals surface area (Å²) >= 11 is 0. The molecule has 0 radical (unpaired) electrons. The molecular weight excluding hydrogens is 242 g/mol. The Labute approximate surface area is 104 Å². The molecule has 1 heterocycles. The summed E-state index contributed by atoms with van der Waals surface area (Å²) < 4.78 is 37.3. The average Bonchev–Trinajstić information content (AvgIpc) is 2.32. The Morgan fingerprint density at radius 2 is 2.22 bits per heavy atom. The van der Waals surface area contributed by atoms with Crippen molar-refractivity contribution < 1.29 is 18.3 Å². The number of morpholine rings is 1. The van der Waals surface area contributed by atoms with Crippen LogP contribution in [-0.4, -0.2) is 44.4 Å². The highest BCUT2D eigenvalue weighted by Gasteiger charge is 2.19. The maximum atomic E-state index is 13.4. The van der Waals surface area contributed by atoms with E-state index >= 15 is 0 Å². The van der Waals surface area contributed by atoms with Gasteiger partial charge in [-0.1, -0.05) is 0 Å². The molecule has 1 atom stereocenters. The van der Waals surface area contributed by atoms with E-state index in [1.165, 1.54) is 0 Å². The molecule has 18 heavy (non-hydrogen) atoms. The van der Waals surface area contributed by atoms with Gasteiger partial charge in [0.05, 0.1) is 12.3 Å². The largest absolute Gasteiger partial charge is 0.488 e. The molecule has 0 aromatic heterocycles. The van der Waals surface area contributed by atoms with Crippen LogP contribution in [0.2, 0.25) is 0 Å². The lowest BCUT2D eigenvalue weighted by atomic mass is 10.2. The number of likely N-dealkylation sites (N-methyl/N-ethyl adjacent to an activating group) is 1. The first-order chi connectivity index (χ1) is 8.56. The summed E-state index contributed by atoms with van der Waals surface area (Å²) in [5.74, 6) is -1.50. The molecule has 0 bridgehead atoms. The number of anilines is 1. The van der Waals surface area contributed by atoms with Gasteiger partial charge in [-0.2, -0.15) is 0 Å². The molecule has 100 valence electrons. The number of hydrogen-bond donors (Lipinski definition) is 1. The van der Waals surface area contributed by atoms with Gasteiger partial charge in [-0.05, 0) is 7.05 Å². The molecule has 0 spiro atoms. The fraction of sp³-hybridized carbons (Fsp3) is 0.500. The molecule has 1 saturated heterocycles. The Bertz CT molecular complexity index is 429. The van der Waals surface area contributed by atoms with E-state index in [0.717, 1.165) is 18.7 Å². The van der Waals surface area contributed by atoms with Crippen LogP contribution in [-0.2, 0) is 4.74 Å². The summed E-state index contributed by atoms with van der Waals surface area (Å²) in [6.45, 7) is 2.37. The second-order valence-corrected chi connectivity index (χ2v) is 4.37. The summed E-state index contributed by atoms with van der Waals surface area (Å²) in [4.78, 5) is 2.09. The number of nitrogens with zero attached hydrogens (tertiary/aromatic N) is 1. The van der Waals surface area contributed by atoms with Gasteiger partial charge < -0.3 is 20.1 Å². The molecule has 2 rings (SSSR count). The number of halogens is 2. The Balaban J connectivity index is 1.95. The predicted octanol–water partition coefficient (Wildman–Crippen LogP) is 1.26. The van der Waals surface area contributed by atoms with Gasteiger partial charge in [-0.3, -0.25) is 0 Å². The summed E-state index contributed by atoms with van der Waals surface area (Å²) in [7, 11) is 1.97. The van der Waals surface area contributed by atoms with Gasteiger partial charge >= 0.3 is 0 Å². The zero-order valence-electron chi connectivity index (χ0n) is 10.2. The third-order valence-corrected chi connectivity index (χ3v) is 2.82. The first kappa shape index (κ1) is 13.0. The minimum Gasteiger partial charge on any atom is -0.488 e. The van der Waals surface area contributed by atoms with Crippen LogP contribution in [0.1, 0.15) is 0 Å². The third kappa shape index (κ3) is 3.08. The zero-order chi connectivity index (χ0) is 13.1. The average molecular weight is 258 g/mol. The van der Waals surface area contributed by atoms with E-state index in [1.807, 2.05) is 7.05 Å². The van der Waals surface area contributed by atoms with Crippen molar-refractivity contribution >= 4 is 5.69 Å². The van der Waals surface area contributed by atoms with Crippen LogP contribution in [0.25, 0.3) is 0 Å². The molecule has 1 aromatic rings. The lowest BCUT2D eigenvalue weighted by Gasteiger charge is -2.29. The van der Waals surface area contributed by atoms with Crippen LogP contribution in [0.3, 0.4) is 0 Å². The molecule has 0 amide bonds. The lowest BCUT2D eigenvalue weighted by molar-refractivity contribution is -0.0408. The van der Waals surface area contributed by atoms with Gasteiger partial charge in [0.1, 0.15) is 18.5 Å². The third-order valence-electron chi connectivity index (χ3n) is 2.82. The van der Waals surface area contributed by atoms with E-state index in [4.69, 9.17) is 15.2 Å². The predicted molar refractivity (Wildman–Crippen MR) is 63.5 cm³/mol. The van der Waals surface area contributed by atoms with Gasteiger partial charge in [0, 0.05) is 25.2 Å². The summed E-state index contributed by atoms with van der Waals surface area (Å²) in [6.07, 6.45) is -0.135. The molecule has 1 fully saturated rings. The van der Waals surface area contributed by atoms with Gasteiger partial charge in [-0.15, -0.1) is 0 Å². The van der Waals surface area contributed by atoms with E-state index in [9.17, 15) is 8.78 Å². The minimum absolute atomic E-state index is 0.135. The second-order valence-electron chi connectivity index (χ2n) is 4.37.